The van der Waals surface area contributed by atoms with E-state index in [0.717, 1.165) is 5.56 Å². The summed E-state index contributed by atoms with van der Waals surface area (Å²) < 4.78 is 6.42. The Hall–Kier alpha value is -0.130. The second kappa shape index (κ2) is 4.16. The minimum absolute atomic E-state index is 0.655. The van der Waals surface area contributed by atoms with Crippen molar-refractivity contribution in [2.24, 2.45) is 0 Å². The zero-order chi connectivity index (χ0) is 10.0. The molecule has 0 unspecified atom stereocenters. The zero-order valence-electron chi connectivity index (χ0n) is 7.87. The predicted octanol–water partition coefficient (Wildman–Crippen LogP) is 2.29. The maximum absolute atomic E-state index is 10.4. The number of rotatable bonds is 1. The Morgan fingerprint density at radius 2 is 2.00 bits per heavy atom. The summed E-state index contributed by atoms with van der Waals surface area (Å²) in [5.41, 5.74) is 0.354. The van der Waals surface area contributed by atoms with E-state index in [1.54, 1.807) is 0 Å². The van der Waals surface area contributed by atoms with Crippen LogP contribution in [0.1, 0.15) is 18.4 Å². The summed E-state index contributed by atoms with van der Waals surface area (Å²) in [6.07, 6.45) is 1.40. The van der Waals surface area contributed by atoms with Gasteiger partial charge in [0.1, 0.15) is 0 Å². The van der Waals surface area contributed by atoms with Crippen LogP contribution in [0.15, 0.2) is 24.3 Å². The maximum atomic E-state index is 10.4. The molecule has 1 saturated heterocycles. The van der Waals surface area contributed by atoms with Gasteiger partial charge in [0, 0.05) is 29.6 Å². The highest BCUT2D eigenvalue weighted by Crippen LogP contribution is 2.32. The Morgan fingerprint density at radius 1 is 1.29 bits per heavy atom. The zero-order valence-corrected chi connectivity index (χ0v) is 10.0. The number of halogens is 1. The first-order chi connectivity index (χ1) is 6.71. The molecule has 1 aromatic rings. The number of aliphatic hydroxyl groups is 1. The number of hydrogen-bond donors (Lipinski definition) is 1. The molecule has 1 aliphatic rings. The van der Waals surface area contributed by atoms with Crippen LogP contribution in [0, 0.1) is 3.57 Å². The summed E-state index contributed by atoms with van der Waals surface area (Å²) in [7, 11) is 0. The van der Waals surface area contributed by atoms with E-state index in [0.29, 0.717) is 26.1 Å². The molecule has 0 bridgehead atoms. The van der Waals surface area contributed by atoms with Crippen molar-refractivity contribution >= 4 is 22.6 Å². The molecule has 0 aromatic heterocycles. The summed E-state index contributed by atoms with van der Waals surface area (Å²) in [6.45, 7) is 1.31. The van der Waals surface area contributed by atoms with Crippen molar-refractivity contribution in [2.75, 3.05) is 13.2 Å². The molecule has 1 heterocycles. The Labute approximate surface area is 97.4 Å². The molecule has 0 amide bonds. The van der Waals surface area contributed by atoms with Gasteiger partial charge in [0.05, 0.1) is 5.60 Å². The van der Waals surface area contributed by atoms with E-state index in [9.17, 15) is 5.11 Å². The van der Waals surface area contributed by atoms with Gasteiger partial charge in [-0.3, -0.25) is 0 Å². The third-order valence-electron chi connectivity index (χ3n) is 2.68. The molecule has 0 saturated carbocycles. The molecule has 1 aliphatic heterocycles. The molecule has 76 valence electrons. The Morgan fingerprint density at radius 3 is 2.64 bits per heavy atom. The summed E-state index contributed by atoms with van der Waals surface area (Å²) in [5, 5.41) is 10.4. The number of hydrogen-bond acceptors (Lipinski definition) is 2. The van der Waals surface area contributed by atoms with Crippen LogP contribution in [-0.4, -0.2) is 18.3 Å². The average Bonchev–Trinajstić information content (AvgIpc) is 2.19. The fraction of sp³-hybridized carbons (Fsp3) is 0.455. The fourth-order valence-electron chi connectivity index (χ4n) is 1.78. The molecular weight excluding hydrogens is 291 g/mol. The molecule has 1 aromatic carbocycles. The smallest absolute Gasteiger partial charge is 0.0940 e. The van der Waals surface area contributed by atoms with E-state index in [-0.39, 0.29) is 0 Å². The van der Waals surface area contributed by atoms with Gasteiger partial charge >= 0.3 is 0 Å². The van der Waals surface area contributed by atoms with Gasteiger partial charge in [0.25, 0.3) is 0 Å². The highest BCUT2D eigenvalue weighted by molar-refractivity contribution is 14.1. The molecule has 2 nitrogen and oxygen atoms in total. The third-order valence-corrected chi connectivity index (χ3v) is 3.35. The van der Waals surface area contributed by atoms with Crippen LogP contribution in [-0.2, 0) is 10.3 Å². The van der Waals surface area contributed by atoms with Gasteiger partial charge in [-0.05, 0) is 40.3 Å². The van der Waals surface area contributed by atoms with Gasteiger partial charge in [-0.25, -0.2) is 0 Å². The maximum Gasteiger partial charge on any atom is 0.0940 e. The quantitative estimate of drug-likeness (QED) is 0.807. The van der Waals surface area contributed by atoms with Crippen LogP contribution in [0.25, 0.3) is 0 Å². The van der Waals surface area contributed by atoms with E-state index in [1.165, 1.54) is 3.57 Å². The van der Waals surface area contributed by atoms with Gasteiger partial charge in [-0.15, -0.1) is 0 Å². The molecule has 1 N–H and O–H groups in total. The SMILES string of the molecule is OC1(c2cccc(I)c2)CCOCC1. The largest absolute Gasteiger partial charge is 0.385 e. The first kappa shape index (κ1) is 10.4. The van der Waals surface area contributed by atoms with E-state index in [1.807, 2.05) is 24.3 Å². The highest BCUT2D eigenvalue weighted by Gasteiger charge is 2.31. The van der Waals surface area contributed by atoms with E-state index < -0.39 is 5.60 Å². The molecule has 1 fully saturated rings. The Balaban J connectivity index is 2.28. The Bertz CT molecular complexity index is 319. The lowest BCUT2D eigenvalue weighted by atomic mass is 9.87. The molecular formula is C11H13IO2. The first-order valence-electron chi connectivity index (χ1n) is 4.77. The Kier molecular flexibility index (Phi) is 3.09. The number of benzene rings is 1. The van der Waals surface area contributed by atoms with E-state index in [4.69, 9.17) is 4.74 Å². The van der Waals surface area contributed by atoms with Crippen LogP contribution < -0.4 is 0 Å². The molecule has 0 aliphatic carbocycles. The van der Waals surface area contributed by atoms with E-state index in [2.05, 4.69) is 22.6 Å². The van der Waals surface area contributed by atoms with Crippen LogP contribution in [0.5, 0.6) is 0 Å². The minimum Gasteiger partial charge on any atom is -0.385 e. The molecule has 14 heavy (non-hydrogen) atoms. The highest BCUT2D eigenvalue weighted by atomic mass is 127. The third kappa shape index (κ3) is 2.10. The molecule has 0 spiro atoms. The van der Waals surface area contributed by atoms with Crippen molar-refractivity contribution < 1.29 is 9.84 Å². The normalized spacial score (nSPS) is 20.7. The lowest BCUT2D eigenvalue weighted by Gasteiger charge is -2.32. The van der Waals surface area contributed by atoms with Crippen molar-refractivity contribution in [3.8, 4) is 0 Å². The summed E-state index contributed by atoms with van der Waals surface area (Å²) >= 11 is 2.27. The number of ether oxygens (including phenoxy) is 1. The van der Waals surface area contributed by atoms with Crippen LogP contribution in [0.3, 0.4) is 0 Å². The predicted molar refractivity (Wildman–Crippen MR) is 63.1 cm³/mol. The van der Waals surface area contributed by atoms with Crippen molar-refractivity contribution in [3.05, 3.63) is 33.4 Å². The van der Waals surface area contributed by atoms with Crippen molar-refractivity contribution in [1.82, 2.24) is 0 Å². The van der Waals surface area contributed by atoms with Gasteiger partial charge in [0.2, 0.25) is 0 Å². The molecule has 0 atom stereocenters. The molecule has 2 rings (SSSR count). The lowest BCUT2D eigenvalue weighted by Crippen LogP contribution is -2.33. The second-order valence-corrected chi connectivity index (χ2v) is 4.90. The van der Waals surface area contributed by atoms with Crippen molar-refractivity contribution in [1.29, 1.82) is 0 Å². The van der Waals surface area contributed by atoms with Crippen molar-refractivity contribution in [3.63, 3.8) is 0 Å². The fourth-order valence-corrected chi connectivity index (χ4v) is 2.32. The molecule has 0 radical (unpaired) electrons. The standard InChI is InChI=1S/C11H13IO2/c12-10-3-1-2-9(8-10)11(13)4-6-14-7-5-11/h1-3,8,13H,4-7H2. The van der Waals surface area contributed by atoms with E-state index >= 15 is 0 Å². The first-order valence-corrected chi connectivity index (χ1v) is 5.85. The second-order valence-electron chi connectivity index (χ2n) is 3.65. The van der Waals surface area contributed by atoms with Gasteiger partial charge in [-0.1, -0.05) is 12.1 Å². The molecule has 3 heteroatoms. The van der Waals surface area contributed by atoms with Gasteiger partial charge in [0.15, 0.2) is 0 Å². The van der Waals surface area contributed by atoms with Crippen LogP contribution in [0.4, 0.5) is 0 Å². The van der Waals surface area contributed by atoms with Gasteiger partial charge < -0.3 is 9.84 Å². The minimum atomic E-state index is -0.667. The summed E-state index contributed by atoms with van der Waals surface area (Å²) in [5.74, 6) is 0. The summed E-state index contributed by atoms with van der Waals surface area (Å²) in [4.78, 5) is 0. The van der Waals surface area contributed by atoms with Crippen molar-refractivity contribution in [2.45, 2.75) is 18.4 Å². The van der Waals surface area contributed by atoms with Crippen LogP contribution >= 0.6 is 22.6 Å². The van der Waals surface area contributed by atoms with Crippen LogP contribution in [0.2, 0.25) is 0 Å². The average molecular weight is 304 g/mol. The summed E-state index contributed by atoms with van der Waals surface area (Å²) in [6, 6.07) is 8.07. The topological polar surface area (TPSA) is 29.5 Å². The van der Waals surface area contributed by atoms with Gasteiger partial charge in [-0.2, -0.15) is 0 Å². The lowest BCUT2D eigenvalue weighted by molar-refractivity contribution is -0.0679. The monoisotopic (exact) mass is 304 g/mol.